The molecule has 6 nitrogen and oxygen atoms in total. The van der Waals surface area contributed by atoms with E-state index in [1.165, 1.54) is 4.88 Å². The number of piperidine rings is 1. The summed E-state index contributed by atoms with van der Waals surface area (Å²) in [5.74, 6) is 1.91. The molecular weight excluding hydrogens is 350 g/mol. The van der Waals surface area contributed by atoms with Crippen LogP contribution in [0.25, 0.3) is 0 Å². The van der Waals surface area contributed by atoms with E-state index >= 15 is 0 Å². The van der Waals surface area contributed by atoms with E-state index in [0.717, 1.165) is 31.5 Å². The van der Waals surface area contributed by atoms with Crippen LogP contribution in [-0.4, -0.2) is 38.2 Å². The van der Waals surface area contributed by atoms with Gasteiger partial charge in [-0.2, -0.15) is 0 Å². The third kappa shape index (κ3) is 4.74. The number of rotatable bonds is 7. The molecular formula is C19H25N3O3S. The molecule has 26 heavy (non-hydrogen) atoms. The van der Waals surface area contributed by atoms with Crippen molar-refractivity contribution in [1.82, 2.24) is 10.3 Å². The number of aromatic nitrogens is 1. The third-order valence-electron chi connectivity index (χ3n) is 4.60. The summed E-state index contributed by atoms with van der Waals surface area (Å²) in [6.45, 7) is 2.10. The average molecular weight is 375 g/mol. The Morgan fingerprint density at radius 1 is 1.27 bits per heavy atom. The number of benzene rings is 1. The average Bonchev–Trinajstić information content (AvgIpc) is 3.15. The molecule has 0 bridgehead atoms. The van der Waals surface area contributed by atoms with Gasteiger partial charge in [0.2, 0.25) is 5.91 Å². The monoisotopic (exact) mass is 375 g/mol. The molecule has 1 aliphatic rings. The fraction of sp³-hybridized carbons (Fsp3) is 0.474. The molecule has 1 aromatic heterocycles. The second kappa shape index (κ2) is 9.00. The zero-order valence-corrected chi connectivity index (χ0v) is 16.0. The number of methoxy groups -OCH3 is 2. The van der Waals surface area contributed by atoms with E-state index in [4.69, 9.17) is 9.47 Å². The van der Waals surface area contributed by atoms with Gasteiger partial charge in [-0.15, -0.1) is 11.3 Å². The van der Waals surface area contributed by atoms with E-state index in [-0.39, 0.29) is 5.91 Å². The largest absolute Gasteiger partial charge is 0.493 e. The number of carbonyl (C=O) groups excluding carboxylic acids is 1. The van der Waals surface area contributed by atoms with Gasteiger partial charge >= 0.3 is 0 Å². The van der Waals surface area contributed by atoms with Gasteiger partial charge in [0.1, 0.15) is 0 Å². The Morgan fingerprint density at radius 3 is 2.77 bits per heavy atom. The molecule has 140 valence electrons. The van der Waals surface area contributed by atoms with Crippen molar-refractivity contribution in [3.8, 4) is 11.5 Å². The lowest BCUT2D eigenvalue weighted by molar-refractivity contribution is -0.116. The van der Waals surface area contributed by atoms with Gasteiger partial charge in [0.25, 0.3) is 0 Å². The van der Waals surface area contributed by atoms with E-state index in [9.17, 15) is 4.79 Å². The van der Waals surface area contributed by atoms with Crippen LogP contribution in [0.1, 0.15) is 35.6 Å². The number of thiazole rings is 1. The van der Waals surface area contributed by atoms with E-state index in [0.29, 0.717) is 35.4 Å². The van der Waals surface area contributed by atoms with Gasteiger partial charge < -0.3 is 20.1 Å². The summed E-state index contributed by atoms with van der Waals surface area (Å²) < 4.78 is 10.5. The van der Waals surface area contributed by atoms with Crippen LogP contribution in [-0.2, 0) is 11.2 Å². The first kappa shape index (κ1) is 18.7. The van der Waals surface area contributed by atoms with E-state index in [1.54, 1.807) is 25.6 Å². The van der Waals surface area contributed by atoms with Crippen molar-refractivity contribution in [2.45, 2.75) is 31.6 Å². The third-order valence-corrected chi connectivity index (χ3v) is 5.68. The van der Waals surface area contributed by atoms with Gasteiger partial charge in [0.05, 0.1) is 14.2 Å². The molecule has 0 spiro atoms. The molecule has 0 unspecified atom stereocenters. The SMILES string of the molecule is COc1ccc(CCC(=O)Nc2ncc(C3CCNCC3)s2)cc1OC. The van der Waals surface area contributed by atoms with Crippen LogP contribution in [0.4, 0.5) is 5.13 Å². The summed E-state index contributed by atoms with van der Waals surface area (Å²) in [4.78, 5) is 17.9. The van der Waals surface area contributed by atoms with Gasteiger partial charge in [-0.25, -0.2) is 4.98 Å². The molecule has 2 N–H and O–H groups in total. The number of ether oxygens (including phenoxy) is 2. The summed E-state index contributed by atoms with van der Waals surface area (Å²) in [6.07, 6.45) is 5.21. The number of nitrogens with zero attached hydrogens (tertiary/aromatic N) is 1. The zero-order chi connectivity index (χ0) is 18.4. The molecule has 7 heteroatoms. The summed E-state index contributed by atoms with van der Waals surface area (Å²) in [5.41, 5.74) is 1.03. The topological polar surface area (TPSA) is 72.5 Å². The Morgan fingerprint density at radius 2 is 2.04 bits per heavy atom. The van der Waals surface area contributed by atoms with Gasteiger partial charge in [-0.05, 0) is 56.0 Å². The van der Waals surface area contributed by atoms with Crippen molar-refractivity contribution in [2.24, 2.45) is 0 Å². The highest BCUT2D eigenvalue weighted by molar-refractivity contribution is 7.15. The fourth-order valence-electron chi connectivity index (χ4n) is 3.12. The summed E-state index contributed by atoms with van der Waals surface area (Å²) in [7, 11) is 3.22. The number of aryl methyl sites for hydroxylation is 1. The Balaban J connectivity index is 1.52. The van der Waals surface area contributed by atoms with Crippen LogP contribution >= 0.6 is 11.3 Å². The first-order valence-electron chi connectivity index (χ1n) is 8.87. The molecule has 1 fully saturated rings. The second-order valence-corrected chi connectivity index (χ2v) is 7.39. The fourth-order valence-corrected chi connectivity index (χ4v) is 4.12. The van der Waals surface area contributed by atoms with Gasteiger partial charge in [0.15, 0.2) is 16.6 Å². The van der Waals surface area contributed by atoms with Crippen molar-refractivity contribution in [2.75, 3.05) is 32.6 Å². The minimum atomic E-state index is -0.0222. The van der Waals surface area contributed by atoms with Gasteiger partial charge in [-0.3, -0.25) is 4.79 Å². The van der Waals surface area contributed by atoms with E-state index in [2.05, 4.69) is 15.6 Å². The normalized spacial score (nSPS) is 14.8. The lowest BCUT2D eigenvalue weighted by Gasteiger charge is -2.20. The quantitative estimate of drug-likeness (QED) is 0.778. The molecule has 1 aliphatic heterocycles. The summed E-state index contributed by atoms with van der Waals surface area (Å²) in [5, 5.41) is 6.98. The van der Waals surface area contributed by atoms with E-state index in [1.807, 2.05) is 24.4 Å². The highest BCUT2D eigenvalue weighted by Crippen LogP contribution is 2.32. The molecule has 1 saturated heterocycles. The predicted octanol–water partition coefficient (Wildman–Crippen LogP) is 3.20. The van der Waals surface area contributed by atoms with Crippen molar-refractivity contribution < 1.29 is 14.3 Å². The predicted molar refractivity (Wildman–Crippen MR) is 103 cm³/mol. The zero-order valence-electron chi connectivity index (χ0n) is 15.2. The number of hydrogen-bond donors (Lipinski definition) is 2. The maximum absolute atomic E-state index is 12.2. The minimum Gasteiger partial charge on any atom is -0.493 e. The first-order valence-corrected chi connectivity index (χ1v) is 9.68. The summed E-state index contributed by atoms with van der Waals surface area (Å²) in [6, 6.07) is 5.72. The number of anilines is 1. The molecule has 0 saturated carbocycles. The number of carbonyl (C=O) groups is 1. The Labute approximate surface area is 157 Å². The number of hydrogen-bond acceptors (Lipinski definition) is 6. The molecule has 2 aromatic rings. The van der Waals surface area contributed by atoms with Crippen LogP contribution in [0.5, 0.6) is 11.5 Å². The second-order valence-electron chi connectivity index (χ2n) is 6.33. The van der Waals surface area contributed by atoms with Crippen molar-refractivity contribution >= 4 is 22.4 Å². The standard InChI is InChI=1S/C19H25N3O3S/c1-24-15-5-3-13(11-16(15)25-2)4-6-18(23)22-19-21-12-17(26-19)14-7-9-20-10-8-14/h3,5,11-12,14,20H,4,6-10H2,1-2H3,(H,21,22,23). The van der Waals surface area contributed by atoms with Gasteiger partial charge in [0, 0.05) is 17.5 Å². The molecule has 0 atom stereocenters. The van der Waals surface area contributed by atoms with Crippen LogP contribution in [0, 0.1) is 0 Å². The smallest absolute Gasteiger partial charge is 0.226 e. The van der Waals surface area contributed by atoms with Crippen molar-refractivity contribution in [3.05, 3.63) is 34.8 Å². The highest BCUT2D eigenvalue weighted by atomic mass is 32.1. The van der Waals surface area contributed by atoms with Crippen LogP contribution < -0.4 is 20.1 Å². The van der Waals surface area contributed by atoms with Crippen molar-refractivity contribution in [3.63, 3.8) is 0 Å². The van der Waals surface area contributed by atoms with Crippen LogP contribution in [0.3, 0.4) is 0 Å². The minimum absolute atomic E-state index is 0.0222. The Bertz CT molecular complexity index is 741. The molecule has 1 aromatic carbocycles. The maximum atomic E-state index is 12.2. The molecule has 0 aliphatic carbocycles. The molecule has 3 rings (SSSR count). The van der Waals surface area contributed by atoms with Gasteiger partial charge in [-0.1, -0.05) is 6.07 Å². The van der Waals surface area contributed by atoms with E-state index < -0.39 is 0 Å². The number of nitrogens with one attached hydrogen (secondary N) is 2. The lowest BCUT2D eigenvalue weighted by atomic mass is 9.97. The Hall–Kier alpha value is -2.12. The highest BCUT2D eigenvalue weighted by Gasteiger charge is 2.18. The molecule has 0 radical (unpaired) electrons. The molecule has 2 heterocycles. The van der Waals surface area contributed by atoms with Crippen molar-refractivity contribution in [1.29, 1.82) is 0 Å². The first-order chi connectivity index (χ1) is 12.7. The Kier molecular flexibility index (Phi) is 6.46. The molecule has 1 amide bonds. The lowest BCUT2D eigenvalue weighted by Crippen LogP contribution is -2.26. The summed E-state index contributed by atoms with van der Waals surface area (Å²) >= 11 is 1.59. The van der Waals surface area contributed by atoms with Crippen LogP contribution in [0.15, 0.2) is 24.4 Å². The maximum Gasteiger partial charge on any atom is 0.226 e. The van der Waals surface area contributed by atoms with Crippen LogP contribution in [0.2, 0.25) is 0 Å². The number of amides is 1.